The van der Waals surface area contributed by atoms with E-state index in [1.165, 1.54) is 16.8 Å². The van der Waals surface area contributed by atoms with Crippen molar-refractivity contribution in [1.82, 2.24) is 9.88 Å². The van der Waals surface area contributed by atoms with Gasteiger partial charge in [-0.3, -0.25) is 9.59 Å². The summed E-state index contributed by atoms with van der Waals surface area (Å²) in [6.45, 7) is 0.728. The van der Waals surface area contributed by atoms with Gasteiger partial charge in [-0.05, 0) is 42.5 Å². The number of ether oxygens (including phenoxy) is 2. The zero-order chi connectivity index (χ0) is 23.4. The van der Waals surface area contributed by atoms with Crippen LogP contribution in [0.25, 0.3) is 5.69 Å². The Morgan fingerprint density at radius 1 is 1.09 bits per heavy atom. The van der Waals surface area contributed by atoms with Crippen molar-refractivity contribution >= 4 is 40.7 Å². The van der Waals surface area contributed by atoms with Crippen molar-refractivity contribution in [2.75, 3.05) is 31.3 Å². The lowest BCUT2D eigenvalue weighted by Gasteiger charge is -2.26. The van der Waals surface area contributed by atoms with E-state index in [0.29, 0.717) is 34.6 Å². The number of nitrogens with one attached hydrogen (secondary N) is 1. The van der Waals surface area contributed by atoms with E-state index < -0.39 is 11.7 Å². The highest BCUT2D eigenvalue weighted by molar-refractivity contribution is 6.35. The number of halogens is 2. The number of oxazole rings is 1. The molecule has 1 aromatic heterocycles. The molecule has 172 valence electrons. The molecular formula is C22H19Cl2N3O6. The maximum atomic E-state index is 12.3. The molecule has 11 heteroatoms. The van der Waals surface area contributed by atoms with Gasteiger partial charge in [-0.2, -0.15) is 0 Å². The van der Waals surface area contributed by atoms with Crippen LogP contribution in [0.1, 0.15) is 5.76 Å². The molecule has 2 amide bonds. The molecule has 1 fully saturated rings. The van der Waals surface area contributed by atoms with Gasteiger partial charge >= 0.3 is 5.76 Å². The Hall–Kier alpha value is -3.27. The number of carbonyl (C=O) groups is 2. The van der Waals surface area contributed by atoms with Crippen LogP contribution in [-0.2, 0) is 20.9 Å². The van der Waals surface area contributed by atoms with Crippen LogP contribution in [0.3, 0.4) is 0 Å². The average Bonchev–Trinajstić information content (AvgIpc) is 3.18. The van der Waals surface area contributed by atoms with Gasteiger partial charge in [0.1, 0.15) is 18.1 Å². The molecule has 1 N–H and O–H groups in total. The molecule has 1 aliphatic heterocycles. The molecule has 9 nitrogen and oxygen atoms in total. The fourth-order valence-corrected chi connectivity index (χ4v) is 3.67. The summed E-state index contributed by atoms with van der Waals surface area (Å²) in [5.41, 5.74) is 1.28. The van der Waals surface area contributed by atoms with Crippen molar-refractivity contribution < 1.29 is 23.5 Å². The summed E-state index contributed by atoms with van der Waals surface area (Å²) in [6, 6.07) is 11.6. The molecule has 2 aromatic carbocycles. The van der Waals surface area contributed by atoms with Crippen LogP contribution in [0.2, 0.25) is 10.0 Å². The molecule has 1 saturated heterocycles. The SMILES string of the molecule is O=C(COc1ccc(Cl)cc1Cl)NCc1cn(-c2ccc(N3CCOCC3=O)cc2)c(=O)o1. The molecule has 2 heterocycles. The number of hydrogen-bond acceptors (Lipinski definition) is 6. The number of rotatable bonds is 7. The maximum absolute atomic E-state index is 12.3. The second kappa shape index (κ2) is 10.1. The minimum absolute atomic E-state index is 0.000847. The van der Waals surface area contributed by atoms with Crippen molar-refractivity contribution in [3.8, 4) is 11.4 Å². The highest BCUT2D eigenvalue weighted by Gasteiger charge is 2.20. The van der Waals surface area contributed by atoms with Crippen LogP contribution in [0.15, 0.2) is 57.9 Å². The van der Waals surface area contributed by atoms with Gasteiger partial charge in [0.15, 0.2) is 6.61 Å². The maximum Gasteiger partial charge on any atom is 0.423 e. The van der Waals surface area contributed by atoms with Gasteiger partial charge < -0.3 is 24.1 Å². The summed E-state index contributed by atoms with van der Waals surface area (Å²) in [5, 5.41) is 3.37. The van der Waals surface area contributed by atoms with Crippen molar-refractivity contribution in [2.45, 2.75) is 6.54 Å². The average molecular weight is 492 g/mol. The third-order valence-electron chi connectivity index (χ3n) is 4.83. The van der Waals surface area contributed by atoms with Gasteiger partial charge in [0.2, 0.25) is 0 Å². The predicted molar refractivity (Wildman–Crippen MR) is 121 cm³/mol. The molecule has 3 aromatic rings. The van der Waals surface area contributed by atoms with E-state index in [0.717, 1.165) is 5.69 Å². The van der Waals surface area contributed by atoms with E-state index in [1.807, 2.05) is 0 Å². The molecule has 0 unspecified atom stereocenters. The lowest BCUT2D eigenvalue weighted by molar-refractivity contribution is -0.125. The minimum atomic E-state index is -0.598. The fraction of sp³-hybridized carbons (Fsp3) is 0.227. The van der Waals surface area contributed by atoms with Crippen molar-refractivity contribution in [1.29, 1.82) is 0 Å². The Morgan fingerprint density at radius 2 is 1.85 bits per heavy atom. The lowest BCUT2D eigenvalue weighted by Crippen LogP contribution is -2.41. The van der Waals surface area contributed by atoms with Crippen molar-refractivity contribution in [3.63, 3.8) is 0 Å². The summed E-state index contributed by atoms with van der Waals surface area (Å²) in [4.78, 5) is 37.9. The van der Waals surface area contributed by atoms with Gasteiger partial charge in [0.05, 0.1) is 30.1 Å². The summed E-state index contributed by atoms with van der Waals surface area (Å²) in [5.74, 6) is -0.536. The van der Waals surface area contributed by atoms with E-state index >= 15 is 0 Å². The van der Waals surface area contributed by atoms with Gasteiger partial charge in [-0.15, -0.1) is 0 Å². The first kappa shape index (κ1) is 22.9. The first-order valence-electron chi connectivity index (χ1n) is 9.95. The third-order valence-corrected chi connectivity index (χ3v) is 5.36. The second-order valence-corrected chi connectivity index (χ2v) is 7.93. The van der Waals surface area contributed by atoms with Crippen LogP contribution in [0.4, 0.5) is 5.69 Å². The molecule has 33 heavy (non-hydrogen) atoms. The topological polar surface area (TPSA) is 103 Å². The molecule has 0 radical (unpaired) electrons. The van der Waals surface area contributed by atoms with Crippen LogP contribution < -0.4 is 20.7 Å². The van der Waals surface area contributed by atoms with E-state index in [4.69, 9.17) is 37.1 Å². The molecule has 0 spiro atoms. The van der Waals surface area contributed by atoms with Crippen LogP contribution in [0, 0.1) is 0 Å². The number of morpholine rings is 1. The third kappa shape index (κ3) is 5.57. The van der Waals surface area contributed by atoms with E-state index in [-0.39, 0.29) is 31.4 Å². The Bertz CT molecular complexity index is 1220. The quantitative estimate of drug-likeness (QED) is 0.544. The number of amides is 2. The van der Waals surface area contributed by atoms with Crippen LogP contribution >= 0.6 is 23.2 Å². The van der Waals surface area contributed by atoms with E-state index in [1.54, 1.807) is 41.3 Å². The molecule has 0 atom stereocenters. The van der Waals surface area contributed by atoms with Gasteiger partial charge in [-0.25, -0.2) is 9.36 Å². The molecule has 1 aliphatic rings. The molecule has 0 bridgehead atoms. The van der Waals surface area contributed by atoms with Gasteiger partial charge in [0.25, 0.3) is 11.8 Å². The highest BCUT2D eigenvalue weighted by atomic mass is 35.5. The Labute approximate surface area is 198 Å². The first-order chi connectivity index (χ1) is 15.9. The Balaban J connectivity index is 1.34. The summed E-state index contributed by atoms with van der Waals surface area (Å²) in [6.07, 6.45) is 1.49. The number of anilines is 1. The number of aromatic nitrogens is 1. The second-order valence-electron chi connectivity index (χ2n) is 7.09. The van der Waals surface area contributed by atoms with Crippen molar-refractivity contribution in [3.05, 3.63) is 75.0 Å². The Morgan fingerprint density at radius 3 is 2.58 bits per heavy atom. The molecule has 4 rings (SSSR count). The Kier molecular flexibility index (Phi) is 7.02. The van der Waals surface area contributed by atoms with Crippen molar-refractivity contribution in [2.24, 2.45) is 0 Å². The van der Waals surface area contributed by atoms with Gasteiger partial charge in [0, 0.05) is 17.3 Å². The lowest BCUT2D eigenvalue weighted by atomic mass is 10.2. The molecular weight excluding hydrogens is 473 g/mol. The summed E-state index contributed by atoms with van der Waals surface area (Å²) >= 11 is 11.8. The van der Waals surface area contributed by atoms with Crippen LogP contribution in [0.5, 0.6) is 5.75 Å². The van der Waals surface area contributed by atoms with Gasteiger partial charge in [-0.1, -0.05) is 23.2 Å². The zero-order valence-electron chi connectivity index (χ0n) is 17.3. The zero-order valence-corrected chi connectivity index (χ0v) is 18.8. The van der Waals surface area contributed by atoms with Crippen LogP contribution in [-0.4, -0.2) is 42.7 Å². The predicted octanol–water partition coefficient (Wildman–Crippen LogP) is 2.80. The fourth-order valence-electron chi connectivity index (χ4n) is 3.20. The summed E-state index contributed by atoms with van der Waals surface area (Å²) < 4.78 is 17.0. The highest BCUT2D eigenvalue weighted by Crippen LogP contribution is 2.27. The monoisotopic (exact) mass is 491 g/mol. The number of hydrogen-bond donors (Lipinski definition) is 1. The normalized spacial score (nSPS) is 13.8. The molecule has 0 aliphatic carbocycles. The number of benzene rings is 2. The largest absolute Gasteiger partial charge is 0.482 e. The van der Waals surface area contributed by atoms with E-state index in [9.17, 15) is 14.4 Å². The minimum Gasteiger partial charge on any atom is -0.482 e. The molecule has 0 saturated carbocycles. The first-order valence-corrected chi connectivity index (χ1v) is 10.7. The summed E-state index contributed by atoms with van der Waals surface area (Å²) in [7, 11) is 0. The standard InChI is InChI=1S/C22H19Cl2N3O6/c23-14-1-6-19(18(24)9-14)32-12-20(28)25-10-17-11-27(22(30)33-17)16-4-2-15(3-5-16)26-7-8-31-13-21(26)29/h1-6,9,11H,7-8,10,12-13H2,(H,25,28). The number of nitrogens with zero attached hydrogens (tertiary/aromatic N) is 2. The van der Waals surface area contributed by atoms with E-state index in [2.05, 4.69) is 5.32 Å². The smallest absolute Gasteiger partial charge is 0.423 e. The number of carbonyl (C=O) groups excluding carboxylic acids is 2.